The average molecular weight is 309 g/mol. The van der Waals surface area contributed by atoms with Gasteiger partial charge in [0.1, 0.15) is 30.6 Å². The first kappa shape index (κ1) is 16.2. The van der Waals surface area contributed by atoms with Crippen LogP contribution in [0, 0.1) is 0 Å². The molecule has 8 heteroatoms. The van der Waals surface area contributed by atoms with Gasteiger partial charge < -0.3 is 25.2 Å². The fourth-order valence-electron chi connectivity index (χ4n) is 2.31. The van der Waals surface area contributed by atoms with E-state index in [4.69, 9.17) is 5.11 Å². The Morgan fingerprint density at radius 2 is 1.50 bits per heavy atom. The number of benzene rings is 1. The first-order chi connectivity index (χ1) is 10.4. The summed E-state index contributed by atoms with van der Waals surface area (Å²) in [5, 5.41) is 37.7. The normalized spacial score (nSPS) is 19.5. The van der Waals surface area contributed by atoms with Crippen LogP contribution in [-0.4, -0.2) is 74.4 Å². The molecule has 22 heavy (non-hydrogen) atoms. The summed E-state index contributed by atoms with van der Waals surface area (Å²) in [6.45, 7) is -0.855. The van der Waals surface area contributed by atoms with E-state index in [2.05, 4.69) is 0 Å². The van der Waals surface area contributed by atoms with Crippen molar-refractivity contribution in [2.75, 3.05) is 6.61 Å². The summed E-state index contributed by atoms with van der Waals surface area (Å²) in [6, 6.07) is 4.23. The smallest absolute Gasteiger partial charge is 0.262 e. The maximum Gasteiger partial charge on any atom is 0.262 e. The highest BCUT2D eigenvalue weighted by Gasteiger charge is 2.44. The number of carbonyl (C=O) groups excluding carboxylic acids is 3. The van der Waals surface area contributed by atoms with Crippen LogP contribution in [0.5, 0.6) is 0 Å². The number of nitrogens with zero attached hydrogens (tertiary/aromatic N) is 1. The fourth-order valence-corrected chi connectivity index (χ4v) is 2.31. The second kappa shape index (κ2) is 6.32. The van der Waals surface area contributed by atoms with Crippen LogP contribution in [0.2, 0.25) is 0 Å². The van der Waals surface area contributed by atoms with Crippen LogP contribution in [0.4, 0.5) is 0 Å². The topological polar surface area (TPSA) is 135 Å². The van der Waals surface area contributed by atoms with E-state index < -0.39 is 42.8 Å². The summed E-state index contributed by atoms with van der Waals surface area (Å²) >= 11 is 0. The summed E-state index contributed by atoms with van der Waals surface area (Å²) in [6.07, 6.45) is -5.40. The minimum absolute atomic E-state index is 0.0868. The van der Waals surface area contributed by atoms with Crippen molar-refractivity contribution in [3.05, 3.63) is 35.4 Å². The molecule has 0 spiro atoms. The maximum absolute atomic E-state index is 12.2. The van der Waals surface area contributed by atoms with Crippen molar-refractivity contribution in [1.29, 1.82) is 0 Å². The summed E-state index contributed by atoms with van der Waals surface area (Å²) in [4.78, 5) is 36.2. The van der Waals surface area contributed by atoms with Gasteiger partial charge in [-0.2, -0.15) is 0 Å². The summed E-state index contributed by atoms with van der Waals surface area (Å²) in [5.74, 6) is -1.55. The van der Waals surface area contributed by atoms with Gasteiger partial charge in [-0.1, -0.05) is 12.1 Å². The Morgan fingerprint density at radius 3 is 1.91 bits per heavy atom. The van der Waals surface area contributed by atoms with Crippen LogP contribution in [0.15, 0.2) is 24.3 Å². The van der Waals surface area contributed by atoms with Crippen LogP contribution in [0.25, 0.3) is 0 Å². The van der Waals surface area contributed by atoms with Crippen molar-refractivity contribution < 1.29 is 34.8 Å². The third kappa shape index (κ3) is 2.53. The molecule has 0 unspecified atom stereocenters. The van der Waals surface area contributed by atoms with E-state index >= 15 is 0 Å². The van der Waals surface area contributed by atoms with Gasteiger partial charge in [0.25, 0.3) is 11.8 Å². The fraction of sp³-hybridized carbons (Fsp3) is 0.357. The average Bonchev–Trinajstić information content (AvgIpc) is 2.79. The van der Waals surface area contributed by atoms with Crippen molar-refractivity contribution in [2.45, 2.75) is 24.4 Å². The van der Waals surface area contributed by atoms with Gasteiger partial charge in [-0.05, 0) is 12.1 Å². The number of aliphatic hydroxyl groups excluding tert-OH is 4. The van der Waals surface area contributed by atoms with E-state index in [0.29, 0.717) is 4.90 Å². The number of hydrogen-bond donors (Lipinski definition) is 4. The largest absolute Gasteiger partial charge is 0.394 e. The Balaban J connectivity index is 2.32. The van der Waals surface area contributed by atoms with E-state index in [-0.39, 0.29) is 17.4 Å². The molecule has 8 nitrogen and oxygen atoms in total. The number of amides is 2. The number of hydrogen-bond acceptors (Lipinski definition) is 7. The van der Waals surface area contributed by atoms with Gasteiger partial charge in [-0.25, -0.2) is 0 Å². The Labute approximate surface area is 125 Å². The standard InChI is InChI=1S/C14H15NO7/c16-5-9(11(19)12(20)10(18)6-17)15-13(21)7-3-1-2-4-8(7)14(15)22/h1-5,9-12,17-20H,6H2/t9-,10-,11-,12-/m1/s1. The summed E-state index contributed by atoms with van der Waals surface area (Å²) in [5.41, 5.74) is 0.174. The van der Waals surface area contributed by atoms with Gasteiger partial charge in [0.05, 0.1) is 17.7 Å². The van der Waals surface area contributed by atoms with Gasteiger partial charge in [0, 0.05) is 0 Å². The predicted octanol–water partition coefficient (Wildman–Crippen LogP) is -2.07. The molecule has 118 valence electrons. The molecule has 1 aromatic carbocycles. The van der Waals surface area contributed by atoms with E-state index in [1.807, 2.05) is 0 Å². The molecule has 0 aromatic heterocycles. The van der Waals surface area contributed by atoms with Crippen molar-refractivity contribution >= 4 is 18.1 Å². The first-order valence-electron chi connectivity index (χ1n) is 6.51. The van der Waals surface area contributed by atoms with E-state index in [9.17, 15) is 29.7 Å². The van der Waals surface area contributed by atoms with E-state index in [1.54, 1.807) is 12.1 Å². The number of fused-ring (bicyclic) bond motifs is 1. The molecule has 2 amide bonds. The Bertz CT molecular complexity index is 568. The quantitative estimate of drug-likeness (QED) is 0.350. The van der Waals surface area contributed by atoms with Crippen LogP contribution in [0.3, 0.4) is 0 Å². The molecular formula is C14H15NO7. The van der Waals surface area contributed by atoms with Crippen molar-refractivity contribution in [1.82, 2.24) is 4.90 Å². The van der Waals surface area contributed by atoms with Crippen LogP contribution >= 0.6 is 0 Å². The monoisotopic (exact) mass is 309 g/mol. The summed E-state index contributed by atoms with van der Waals surface area (Å²) in [7, 11) is 0. The molecule has 0 aliphatic carbocycles. The summed E-state index contributed by atoms with van der Waals surface area (Å²) < 4.78 is 0. The van der Waals surface area contributed by atoms with Crippen LogP contribution < -0.4 is 0 Å². The molecule has 4 atom stereocenters. The minimum atomic E-state index is -1.93. The third-order valence-electron chi connectivity index (χ3n) is 3.54. The molecule has 0 saturated heterocycles. The lowest BCUT2D eigenvalue weighted by Gasteiger charge is -2.30. The van der Waals surface area contributed by atoms with E-state index in [1.165, 1.54) is 12.1 Å². The minimum Gasteiger partial charge on any atom is -0.394 e. The molecule has 1 heterocycles. The SMILES string of the molecule is O=C[C@H]([C@@H](O)[C@H](O)[C@H](O)CO)N1C(=O)c2ccccc2C1=O. The highest BCUT2D eigenvalue weighted by atomic mass is 16.4. The predicted molar refractivity (Wildman–Crippen MR) is 71.9 cm³/mol. The highest BCUT2D eigenvalue weighted by Crippen LogP contribution is 2.25. The molecule has 1 aliphatic rings. The lowest BCUT2D eigenvalue weighted by atomic mass is 10.0. The lowest BCUT2D eigenvalue weighted by Crippen LogP contribution is -2.55. The molecule has 0 fully saturated rings. The van der Waals surface area contributed by atoms with Gasteiger partial charge in [-0.15, -0.1) is 0 Å². The molecule has 1 aromatic rings. The zero-order chi connectivity index (χ0) is 16.4. The van der Waals surface area contributed by atoms with Crippen molar-refractivity contribution in [3.8, 4) is 0 Å². The van der Waals surface area contributed by atoms with Gasteiger partial charge in [0.15, 0.2) is 0 Å². The van der Waals surface area contributed by atoms with Gasteiger partial charge in [-0.3, -0.25) is 14.5 Å². The Hall–Kier alpha value is -2.13. The zero-order valence-electron chi connectivity index (χ0n) is 11.4. The molecule has 2 rings (SSSR count). The molecular weight excluding hydrogens is 294 g/mol. The molecule has 0 bridgehead atoms. The number of aliphatic hydroxyl groups is 4. The molecule has 0 saturated carbocycles. The van der Waals surface area contributed by atoms with Crippen molar-refractivity contribution in [2.24, 2.45) is 0 Å². The second-order valence-electron chi connectivity index (χ2n) is 4.88. The van der Waals surface area contributed by atoms with Crippen LogP contribution in [0.1, 0.15) is 20.7 Å². The van der Waals surface area contributed by atoms with Gasteiger partial charge >= 0.3 is 0 Å². The maximum atomic E-state index is 12.2. The number of imide groups is 1. The highest BCUT2D eigenvalue weighted by molar-refractivity contribution is 6.22. The molecule has 0 radical (unpaired) electrons. The lowest BCUT2D eigenvalue weighted by molar-refractivity contribution is -0.124. The second-order valence-corrected chi connectivity index (χ2v) is 4.88. The Morgan fingerprint density at radius 1 is 1.00 bits per heavy atom. The van der Waals surface area contributed by atoms with E-state index in [0.717, 1.165) is 0 Å². The molecule has 1 aliphatic heterocycles. The molecule has 4 N–H and O–H groups in total. The van der Waals surface area contributed by atoms with Crippen LogP contribution in [-0.2, 0) is 4.79 Å². The first-order valence-corrected chi connectivity index (χ1v) is 6.51. The van der Waals surface area contributed by atoms with Crippen molar-refractivity contribution in [3.63, 3.8) is 0 Å². The number of rotatable bonds is 6. The number of carbonyl (C=O) groups is 3. The Kier molecular flexibility index (Phi) is 4.67. The zero-order valence-corrected chi connectivity index (χ0v) is 11.4. The van der Waals surface area contributed by atoms with Gasteiger partial charge in [0.2, 0.25) is 0 Å². The number of aldehydes is 1. The third-order valence-corrected chi connectivity index (χ3v) is 3.54.